The molecule has 0 aromatic heterocycles. The maximum absolute atomic E-state index is 11.6. The van der Waals surface area contributed by atoms with Crippen LogP contribution in [0.15, 0.2) is 12.2 Å². The highest BCUT2D eigenvalue weighted by Crippen LogP contribution is 2.67. The average molecular weight is 178 g/mol. The number of allylic oxidation sites excluding steroid dienone is 2. The van der Waals surface area contributed by atoms with Gasteiger partial charge in [-0.15, -0.1) is 0 Å². The Balaban J connectivity index is 2.36. The number of carbonyl (C=O) groups is 1. The fourth-order valence-corrected chi connectivity index (χ4v) is 2.85. The van der Waals surface area contributed by atoms with Gasteiger partial charge in [0.25, 0.3) is 0 Å². The zero-order valence-electron chi connectivity index (χ0n) is 8.92. The fourth-order valence-electron chi connectivity index (χ4n) is 2.85. The molecule has 1 fully saturated rings. The van der Waals surface area contributed by atoms with E-state index in [4.69, 9.17) is 0 Å². The zero-order valence-corrected chi connectivity index (χ0v) is 8.92. The third kappa shape index (κ3) is 0.962. The van der Waals surface area contributed by atoms with Crippen LogP contribution in [0.5, 0.6) is 0 Å². The van der Waals surface area contributed by atoms with Gasteiger partial charge in [0.2, 0.25) is 0 Å². The van der Waals surface area contributed by atoms with Gasteiger partial charge in [-0.3, -0.25) is 4.79 Å². The Morgan fingerprint density at radius 3 is 2.62 bits per heavy atom. The lowest BCUT2D eigenvalue weighted by Crippen LogP contribution is -2.32. The first kappa shape index (κ1) is 8.98. The summed E-state index contributed by atoms with van der Waals surface area (Å²) in [5, 5.41) is 0. The molecule has 13 heavy (non-hydrogen) atoms. The number of rotatable bonds is 1. The largest absolute Gasteiger partial charge is 0.294 e. The molecule has 1 heteroatoms. The molecule has 0 unspecified atom stereocenters. The van der Waals surface area contributed by atoms with Crippen molar-refractivity contribution in [3.05, 3.63) is 12.2 Å². The predicted molar refractivity (Wildman–Crippen MR) is 53.3 cm³/mol. The number of fused-ring (bicyclic) bond motifs is 1. The third-order valence-electron chi connectivity index (χ3n) is 4.17. The van der Waals surface area contributed by atoms with Gasteiger partial charge in [-0.1, -0.05) is 33.8 Å². The molecule has 2 aliphatic rings. The average Bonchev–Trinajstić information content (AvgIpc) is 2.75. The normalized spacial score (nSPS) is 40.7. The van der Waals surface area contributed by atoms with Gasteiger partial charge in [-0.25, -0.2) is 0 Å². The minimum atomic E-state index is -0.112. The molecule has 1 saturated carbocycles. The second kappa shape index (κ2) is 2.26. The lowest BCUT2D eigenvalue weighted by Gasteiger charge is -2.31. The first-order valence-corrected chi connectivity index (χ1v) is 5.15. The topological polar surface area (TPSA) is 17.1 Å². The standard InChI is InChI=1S/C12H18O/c1-8(2)12-6-5-10(13)11(3,4)9(12)7-12/h5-6,8-9H,7H2,1-4H3/t9-,12-/m1/s1. The van der Waals surface area contributed by atoms with Gasteiger partial charge in [-0.05, 0) is 29.7 Å². The zero-order chi connectivity index (χ0) is 9.85. The predicted octanol–water partition coefficient (Wildman–Crippen LogP) is 2.81. The molecule has 2 rings (SSSR count). The van der Waals surface area contributed by atoms with Gasteiger partial charge < -0.3 is 0 Å². The Bertz CT molecular complexity index is 285. The van der Waals surface area contributed by atoms with E-state index in [0.717, 1.165) is 0 Å². The molecule has 0 bridgehead atoms. The van der Waals surface area contributed by atoms with Crippen molar-refractivity contribution in [3.63, 3.8) is 0 Å². The lowest BCUT2D eigenvalue weighted by atomic mass is 9.72. The van der Waals surface area contributed by atoms with Gasteiger partial charge >= 0.3 is 0 Å². The minimum Gasteiger partial charge on any atom is -0.294 e. The van der Waals surface area contributed by atoms with Gasteiger partial charge in [-0.2, -0.15) is 0 Å². The summed E-state index contributed by atoms with van der Waals surface area (Å²) in [6.07, 6.45) is 5.18. The van der Waals surface area contributed by atoms with Crippen molar-refractivity contribution >= 4 is 5.78 Å². The van der Waals surface area contributed by atoms with Crippen molar-refractivity contribution in [3.8, 4) is 0 Å². The van der Waals surface area contributed by atoms with Crippen LogP contribution in [0.1, 0.15) is 34.1 Å². The van der Waals surface area contributed by atoms with Crippen LogP contribution in [0, 0.1) is 22.7 Å². The van der Waals surface area contributed by atoms with Crippen LogP contribution in [0.4, 0.5) is 0 Å². The summed E-state index contributed by atoms with van der Waals surface area (Å²) >= 11 is 0. The Labute approximate surface area is 80.2 Å². The van der Waals surface area contributed by atoms with E-state index in [1.54, 1.807) is 0 Å². The molecule has 0 aliphatic heterocycles. The summed E-state index contributed by atoms with van der Waals surface area (Å²) < 4.78 is 0. The Morgan fingerprint density at radius 2 is 2.08 bits per heavy atom. The molecule has 0 heterocycles. The van der Waals surface area contributed by atoms with E-state index in [9.17, 15) is 4.79 Å². The molecule has 0 N–H and O–H groups in total. The third-order valence-corrected chi connectivity index (χ3v) is 4.17. The molecule has 0 aromatic rings. The molecule has 0 spiro atoms. The quantitative estimate of drug-likeness (QED) is 0.603. The van der Waals surface area contributed by atoms with Crippen LogP contribution in [0.2, 0.25) is 0 Å². The molecule has 0 aromatic carbocycles. The van der Waals surface area contributed by atoms with Crippen LogP contribution < -0.4 is 0 Å². The van der Waals surface area contributed by atoms with Gasteiger partial charge in [0.05, 0.1) is 0 Å². The first-order valence-electron chi connectivity index (χ1n) is 5.15. The van der Waals surface area contributed by atoms with Crippen molar-refractivity contribution in [2.75, 3.05) is 0 Å². The summed E-state index contributed by atoms with van der Waals surface area (Å²) in [4.78, 5) is 11.6. The maximum atomic E-state index is 11.6. The van der Waals surface area contributed by atoms with Gasteiger partial charge in [0.1, 0.15) is 0 Å². The molecule has 0 saturated heterocycles. The van der Waals surface area contributed by atoms with Crippen LogP contribution in [0.25, 0.3) is 0 Å². The minimum absolute atomic E-state index is 0.112. The van der Waals surface area contributed by atoms with E-state index < -0.39 is 0 Å². The smallest absolute Gasteiger partial charge is 0.161 e. The summed E-state index contributed by atoms with van der Waals surface area (Å²) in [6.45, 7) is 8.70. The maximum Gasteiger partial charge on any atom is 0.161 e. The second-order valence-electron chi connectivity index (χ2n) is 5.44. The Kier molecular flexibility index (Phi) is 1.56. The van der Waals surface area contributed by atoms with Crippen LogP contribution >= 0.6 is 0 Å². The molecular formula is C12H18O. The highest BCUT2D eigenvalue weighted by molar-refractivity contribution is 5.96. The van der Waals surface area contributed by atoms with Gasteiger partial charge in [0, 0.05) is 5.41 Å². The molecule has 2 aliphatic carbocycles. The molecule has 72 valence electrons. The van der Waals surface area contributed by atoms with Crippen LogP contribution in [-0.2, 0) is 4.79 Å². The number of carbonyl (C=O) groups excluding carboxylic acids is 1. The molecule has 2 atom stereocenters. The monoisotopic (exact) mass is 178 g/mol. The second-order valence-corrected chi connectivity index (χ2v) is 5.44. The summed E-state index contributed by atoms with van der Waals surface area (Å²) in [7, 11) is 0. The van der Waals surface area contributed by atoms with E-state index in [1.807, 2.05) is 6.08 Å². The van der Waals surface area contributed by atoms with E-state index in [-0.39, 0.29) is 5.41 Å². The van der Waals surface area contributed by atoms with E-state index in [0.29, 0.717) is 23.0 Å². The molecular weight excluding hydrogens is 160 g/mol. The number of hydrogen-bond acceptors (Lipinski definition) is 1. The highest BCUT2D eigenvalue weighted by Gasteiger charge is 2.63. The van der Waals surface area contributed by atoms with E-state index in [2.05, 4.69) is 33.8 Å². The Morgan fingerprint density at radius 1 is 1.46 bits per heavy atom. The van der Waals surface area contributed by atoms with E-state index >= 15 is 0 Å². The van der Waals surface area contributed by atoms with Crippen LogP contribution in [0.3, 0.4) is 0 Å². The SMILES string of the molecule is CC(C)[C@]12C=CC(=O)C(C)(C)[C@H]1C2. The molecule has 0 radical (unpaired) electrons. The molecule has 0 amide bonds. The Hall–Kier alpha value is -0.590. The van der Waals surface area contributed by atoms with Gasteiger partial charge in [0.15, 0.2) is 5.78 Å². The number of ketones is 1. The molecule has 1 nitrogen and oxygen atoms in total. The van der Waals surface area contributed by atoms with Crippen molar-refractivity contribution in [1.82, 2.24) is 0 Å². The highest BCUT2D eigenvalue weighted by atomic mass is 16.1. The van der Waals surface area contributed by atoms with Crippen LogP contribution in [-0.4, -0.2) is 5.78 Å². The fraction of sp³-hybridized carbons (Fsp3) is 0.750. The van der Waals surface area contributed by atoms with Crippen molar-refractivity contribution in [1.29, 1.82) is 0 Å². The van der Waals surface area contributed by atoms with Crippen molar-refractivity contribution in [2.45, 2.75) is 34.1 Å². The van der Waals surface area contributed by atoms with Crippen molar-refractivity contribution < 1.29 is 4.79 Å². The first-order chi connectivity index (χ1) is 5.91. The van der Waals surface area contributed by atoms with Crippen molar-refractivity contribution in [2.24, 2.45) is 22.7 Å². The lowest BCUT2D eigenvalue weighted by molar-refractivity contribution is -0.124. The summed E-state index contributed by atoms with van der Waals surface area (Å²) in [5.74, 6) is 1.57. The summed E-state index contributed by atoms with van der Waals surface area (Å²) in [5.41, 5.74) is 0.246. The summed E-state index contributed by atoms with van der Waals surface area (Å²) in [6, 6.07) is 0. The van der Waals surface area contributed by atoms with E-state index in [1.165, 1.54) is 6.42 Å². The number of hydrogen-bond donors (Lipinski definition) is 0.